The van der Waals surface area contributed by atoms with Crippen molar-refractivity contribution in [2.24, 2.45) is 0 Å². The molecule has 0 atom stereocenters. The lowest BCUT2D eigenvalue weighted by Gasteiger charge is -2.19. The Morgan fingerprint density at radius 1 is 0.659 bits per heavy atom. The summed E-state index contributed by atoms with van der Waals surface area (Å²) in [5, 5.41) is 0. The Morgan fingerprint density at radius 3 is 1.63 bits per heavy atom. The van der Waals surface area contributed by atoms with Gasteiger partial charge in [0.2, 0.25) is 0 Å². The van der Waals surface area contributed by atoms with E-state index in [1.54, 1.807) is 14.0 Å². The molecule has 0 radical (unpaired) electrons. The normalized spacial score (nSPS) is 12.1. The van der Waals surface area contributed by atoms with Crippen molar-refractivity contribution < 1.29 is 42.7 Å². The number of carbonyl (C=O) groups excluding carboxylic acids is 2. The summed E-state index contributed by atoms with van der Waals surface area (Å²) in [4.78, 5) is 25.2. The molecule has 0 saturated heterocycles. The summed E-state index contributed by atoms with van der Waals surface area (Å²) >= 11 is 0. The number of benzene rings is 2. The lowest BCUT2D eigenvalue weighted by atomic mass is 9.98. The fourth-order valence-corrected chi connectivity index (χ4v) is 4.37. The molecule has 3 rings (SSSR count). The second kappa shape index (κ2) is 19.2. The number of rotatable bonds is 21. The fourth-order valence-electron chi connectivity index (χ4n) is 4.37. The van der Waals surface area contributed by atoms with Gasteiger partial charge in [-0.25, -0.2) is 4.79 Å². The summed E-state index contributed by atoms with van der Waals surface area (Å²) in [6, 6.07) is 16.6. The minimum absolute atomic E-state index is 0.0412. The molecular weight excluding hydrogens is 530 g/mol. The molecule has 0 heterocycles. The third-order valence-corrected chi connectivity index (χ3v) is 6.46. The smallest absolute Gasteiger partial charge is 0.409 e. The van der Waals surface area contributed by atoms with E-state index in [0.29, 0.717) is 85.8 Å². The molecule has 0 spiro atoms. The van der Waals surface area contributed by atoms with Crippen LogP contribution in [0.2, 0.25) is 0 Å². The first-order valence-electron chi connectivity index (χ1n) is 14.2. The number of likely N-dealkylation sites (N-methyl/N-ethyl adjacent to an activating group) is 1. The molecule has 41 heavy (non-hydrogen) atoms. The van der Waals surface area contributed by atoms with Crippen LogP contribution in [0.25, 0.3) is 11.1 Å². The zero-order valence-corrected chi connectivity index (χ0v) is 24.2. The maximum atomic E-state index is 12.5. The van der Waals surface area contributed by atoms with E-state index < -0.39 is 0 Å². The van der Waals surface area contributed by atoms with Gasteiger partial charge in [0, 0.05) is 19.5 Å². The minimum atomic E-state index is -0.366. The van der Waals surface area contributed by atoms with Crippen molar-refractivity contribution in [2.75, 3.05) is 92.9 Å². The highest BCUT2D eigenvalue weighted by Gasteiger charge is 2.29. The van der Waals surface area contributed by atoms with Crippen molar-refractivity contribution in [3.05, 3.63) is 59.7 Å². The zero-order valence-electron chi connectivity index (χ0n) is 24.2. The Bertz CT molecular complexity index is 1000. The van der Waals surface area contributed by atoms with Crippen molar-refractivity contribution in [3.8, 4) is 11.1 Å². The molecule has 0 N–H and O–H groups in total. The standard InChI is InChI=1S/C31H43NO9/c1-3-40-30(33)12-14-35-16-18-37-20-22-39-23-21-38-19-17-36-15-13-32(2)31(34)41-24-29-27-10-6-4-8-25(27)26-9-5-7-11-28(26)29/h4-11,29H,3,12-24H2,1-2H3. The van der Waals surface area contributed by atoms with E-state index in [1.165, 1.54) is 27.2 Å². The molecule has 2 aromatic rings. The highest BCUT2D eigenvalue weighted by Crippen LogP contribution is 2.44. The molecule has 0 unspecified atom stereocenters. The molecule has 1 amide bonds. The van der Waals surface area contributed by atoms with Crippen molar-refractivity contribution in [2.45, 2.75) is 19.3 Å². The lowest BCUT2D eigenvalue weighted by Crippen LogP contribution is -2.32. The summed E-state index contributed by atoms with van der Waals surface area (Å²) in [5.41, 5.74) is 4.79. The molecule has 1 aliphatic carbocycles. The van der Waals surface area contributed by atoms with Crippen LogP contribution in [0.3, 0.4) is 0 Å². The van der Waals surface area contributed by atoms with E-state index >= 15 is 0 Å². The average molecular weight is 574 g/mol. The molecule has 0 fully saturated rings. The second-order valence-electron chi connectivity index (χ2n) is 9.34. The highest BCUT2D eigenvalue weighted by atomic mass is 16.6. The van der Waals surface area contributed by atoms with Gasteiger partial charge in [-0.15, -0.1) is 0 Å². The number of amides is 1. The van der Waals surface area contributed by atoms with E-state index in [-0.39, 0.29) is 24.4 Å². The number of nitrogens with zero attached hydrogens (tertiary/aromatic N) is 1. The summed E-state index contributed by atoms with van der Waals surface area (Å²) < 4.78 is 37.7. The van der Waals surface area contributed by atoms with Crippen molar-refractivity contribution in [3.63, 3.8) is 0 Å². The van der Waals surface area contributed by atoms with Gasteiger partial charge in [-0.1, -0.05) is 48.5 Å². The fraction of sp³-hybridized carbons (Fsp3) is 0.548. The monoisotopic (exact) mass is 573 g/mol. The minimum Gasteiger partial charge on any atom is -0.466 e. The topological polar surface area (TPSA) is 102 Å². The third-order valence-electron chi connectivity index (χ3n) is 6.46. The van der Waals surface area contributed by atoms with Crippen LogP contribution in [0.4, 0.5) is 4.79 Å². The molecule has 1 aliphatic rings. The van der Waals surface area contributed by atoms with Gasteiger partial charge in [-0.2, -0.15) is 0 Å². The molecule has 10 heteroatoms. The number of esters is 1. The van der Waals surface area contributed by atoms with Crippen LogP contribution in [0, 0.1) is 0 Å². The first-order valence-corrected chi connectivity index (χ1v) is 14.2. The van der Waals surface area contributed by atoms with Gasteiger partial charge in [0.15, 0.2) is 0 Å². The Hall–Kier alpha value is -3.02. The summed E-state index contributed by atoms with van der Waals surface area (Å²) in [6.45, 7) is 7.18. The van der Waals surface area contributed by atoms with Gasteiger partial charge in [0.1, 0.15) is 6.61 Å². The Balaban J connectivity index is 1.12. The van der Waals surface area contributed by atoms with Gasteiger partial charge in [-0.3, -0.25) is 4.79 Å². The third kappa shape index (κ3) is 11.4. The summed E-state index contributed by atoms with van der Waals surface area (Å²) in [5.74, 6) is -0.214. The number of carbonyl (C=O) groups is 2. The first-order chi connectivity index (χ1) is 20.1. The molecular formula is C31H43NO9. The molecule has 2 aromatic carbocycles. The predicted molar refractivity (Wildman–Crippen MR) is 153 cm³/mol. The second-order valence-corrected chi connectivity index (χ2v) is 9.34. The van der Waals surface area contributed by atoms with E-state index in [4.69, 9.17) is 33.2 Å². The van der Waals surface area contributed by atoms with Crippen LogP contribution in [0.15, 0.2) is 48.5 Å². The summed E-state index contributed by atoms with van der Waals surface area (Å²) in [6.07, 6.45) is -0.116. The first kappa shape index (κ1) is 32.5. The lowest BCUT2D eigenvalue weighted by molar-refractivity contribution is -0.144. The number of fused-ring (bicyclic) bond motifs is 3. The molecule has 0 aromatic heterocycles. The maximum absolute atomic E-state index is 12.5. The van der Waals surface area contributed by atoms with Gasteiger partial charge in [-0.05, 0) is 29.2 Å². The Morgan fingerprint density at radius 2 is 1.12 bits per heavy atom. The van der Waals surface area contributed by atoms with Crippen LogP contribution < -0.4 is 0 Å². The molecule has 10 nitrogen and oxygen atoms in total. The van der Waals surface area contributed by atoms with Crippen LogP contribution in [0.5, 0.6) is 0 Å². The molecule has 226 valence electrons. The van der Waals surface area contributed by atoms with Crippen molar-refractivity contribution in [1.82, 2.24) is 4.90 Å². The van der Waals surface area contributed by atoms with Crippen LogP contribution in [-0.4, -0.2) is 110 Å². The summed E-state index contributed by atoms with van der Waals surface area (Å²) in [7, 11) is 1.71. The van der Waals surface area contributed by atoms with E-state index in [1.807, 2.05) is 24.3 Å². The van der Waals surface area contributed by atoms with E-state index in [0.717, 1.165) is 0 Å². The largest absolute Gasteiger partial charge is 0.466 e. The van der Waals surface area contributed by atoms with Crippen LogP contribution >= 0.6 is 0 Å². The van der Waals surface area contributed by atoms with Gasteiger partial charge >= 0.3 is 12.1 Å². The van der Waals surface area contributed by atoms with Crippen molar-refractivity contribution >= 4 is 12.1 Å². The van der Waals surface area contributed by atoms with Crippen molar-refractivity contribution in [1.29, 1.82) is 0 Å². The van der Waals surface area contributed by atoms with Gasteiger partial charge < -0.3 is 38.1 Å². The molecule has 0 aliphatic heterocycles. The number of ether oxygens (including phenoxy) is 7. The molecule has 0 bridgehead atoms. The van der Waals surface area contributed by atoms with Crippen LogP contribution in [-0.2, 0) is 38.0 Å². The van der Waals surface area contributed by atoms with Gasteiger partial charge in [0.25, 0.3) is 0 Å². The van der Waals surface area contributed by atoms with Crippen LogP contribution in [0.1, 0.15) is 30.4 Å². The molecule has 0 saturated carbocycles. The highest BCUT2D eigenvalue weighted by molar-refractivity contribution is 5.79. The SMILES string of the molecule is CCOC(=O)CCOCCOCCOCCOCCOCCN(C)C(=O)OCC1c2ccccc2-c2ccccc21. The van der Waals surface area contributed by atoms with E-state index in [9.17, 15) is 9.59 Å². The predicted octanol–water partition coefficient (Wildman–Crippen LogP) is 3.90. The van der Waals surface area contributed by atoms with E-state index in [2.05, 4.69) is 24.3 Å². The Labute approximate surface area is 242 Å². The maximum Gasteiger partial charge on any atom is 0.409 e. The average Bonchev–Trinajstić information content (AvgIpc) is 3.31. The number of hydrogen-bond acceptors (Lipinski definition) is 9. The Kier molecular flexibility index (Phi) is 15.2. The van der Waals surface area contributed by atoms with Gasteiger partial charge in [0.05, 0.1) is 79.1 Å². The quantitative estimate of drug-likeness (QED) is 0.163. The zero-order chi connectivity index (χ0) is 29.1. The number of hydrogen-bond donors (Lipinski definition) is 0.